The van der Waals surface area contributed by atoms with Crippen LogP contribution in [0, 0.1) is 0 Å². The summed E-state index contributed by atoms with van der Waals surface area (Å²) in [6.07, 6.45) is 2.73. The summed E-state index contributed by atoms with van der Waals surface area (Å²) in [6.45, 7) is 2.41. The number of furan rings is 1. The number of hydrogen-bond acceptors (Lipinski definition) is 6. The van der Waals surface area contributed by atoms with Gasteiger partial charge in [0, 0.05) is 32.6 Å². The van der Waals surface area contributed by atoms with Crippen LogP contribution in [0.25, 0.3) is 0 Å². The average Bonchev–Trinajstić information content (AvgIpc) is 3.21. The van der Waals surface area contributed by atoms with E-state index >= 15 is 0 Å². The van der Waals surface area contributed by atoms with Crippen molar-refractivity contribution in [2.75, 3.05) is 36.4 Å². The molecule has 3 heterocycles. The number of anilines is 2. The summed E-state index contributed by atoms with van der Waals surface area (Å²) in [7, 11) is 0. The molecule has 3 rings (SSSR count). The zero-order valence-electron chi connectivity index (χ0n) is 14.6. The average molecular weight is 372 g/mol. The Kier molecular flexibility index (Phi) is 5.70. The standard InChI is InChI=1S/C18H20N4O5/c23-16(5-6-17(24)25)20-13-3-4-15(19-12-13)21-7-9-22(10-8-21)18(26)14-2-1-11-27-14/h1-4,11-12H,5-10H2,(H,20,23)(H,24,25). The third-order valence-electron chi connectivity index (χ3n) is 4.22. The molecule has 2 aromatic rings. The Morgan fingerprint density at radius 1 is 1.11 bits per heavy atom. The quantitative estimate of drug-likeness (QED) is 0.788. The molecule has 27 heavy (non-hydrogen) atoms. The van der Waals surface area contributed by atoms with Gasteiger partial charge in [-0.15, -0.1) is 0 Å². The van der Waals surface area contributed by atoms with E-state index in [0.717, 1.165) is 5.82 Å². The fraction of sp³-hybridized carbons (Fsp3) is 0.333. The van der Waals surface area contributed by atoms with Crippen LogP contribution in [0.4, 0.5) is 11.5 Å². The SMILES string of the molecule is O=C(O)CCC(=O)Nc1ccc(N2CCN(C(=O)c3ccco3)CC2)nc1. The van der Waals surface area contributed by atoms with Crippen molar-refractivity contribution >= 4 is 29.3 Å². The third-order valence-corrected chi connectivity index (χ3v) is 4.22. The van der Waals surface area contributed by atoms with Crippen molar-refractivity contribution in [3.05, 3.63) is 42.5 Å². The van der Waals surface area contributed by atoms with Crippen LogP contribution in [0.5, 0.6) is 0 Å². The summed E-state index contributed by atoms with van der Waals surface area (Å²) < 4.78 is 5.15. The molecule has 0 aliphatic carbocycles. The van der Waals surface area contributed by atoms with Crippen LogP contribution in [0.2, 0.25) is 0 Å². The molecular formula is C18H20N4O5. The minimum absolute atomic E-state index is 0.0806. The molecule has 0 bridgehead atoms. The fourth-order valence-corrected chi connectivity index (χ4v) is 2.79. The molecule has 0 radical (unpaired) electrons. The summed E-state index contributed by atoms with van der Waals surface area (Å²) in [5, 5.41) is 11.2. The molecule has 1 fully saturated rings. The first-order valence-electron chi connectivity index (χ1n) is 8.58. The number of hydrogen-bond donors (Lipinski definition) is 2. The van der Waals surface area contributed by atoms with E-state index in [-0.39, 0.29) is 24.7 Å². The van der Waals surface area contributed by atoms with E-state index in [0.29, 0.717) is 37.6 Å². The van der Waals surface area contributed by atoms with Gasteiger partial charge in [-0.25, -0.2) is 4.98 Å². The van der Waals surface area contributed by atoms with E-state index in [2.05, 4.69) is 15.2 Å². The molecule has 0 aromatic carbocycles. The molecule has 9 nitrogen and oxygen atoms in total. The largest absolute Gasteiger partial charge is 0.481 e. The summed E-state index contributed by atoms with van der Waals surface area (Å²) in [5.41, 5.74) is 0.515. The van der Waals surface area contributed by atoms with Crippen molar-refractivity contribution in [1.29, 1.82) is 0 Å². The second kappa shape index (κ2) is 8.35. The molecular weight excluding hydrogens is 352 g/mol. The van der Waals surface area contributed by atoms with Crippen LogP contribution in [0.15, 0.2) is 41.1 Å². The van der Waals surface area contributed by atoms with Crippen LogP contribution >= 0.6 is 0 Å². The lowest BCUT2D eigenvalue weighted by Crippen LogP contribution is -2.49. The smallest absolute Gasteiger partial charge is 0.303 e. The van der Waals surface area contributed by atoms with Crippen LogP contribution < -0.4 is 10.2 Å². The monoisotopic (exact) mass is 372 g/mol. The van der Waals surface area contributed by atoms with Crippen molar-refractivity contribution < 1.29 is 23.9 Å². The van der Waals surface area contributed by atoms with Gasteiger partial charge in [-0.3, -0.25) is 14.4 Å². The molecule has 2 amide bonds. The van der Waals surface area contributed by atoms with Gasteiger partial charge in [0.2, 0.25) is 5.91 Å². The van der Waals surface area contributed by atoms with Crippen LogP contribution in [-0.2, 0) is 9.59 Å². The zero-order valence-corrected chi connectivity index (χ0v) is 14.6. The predicted molar refractivity (Wildman–Crippen MR) is 96.6 cm³/mol. The van der Waals surface area contributed by atoms with Gasteiger partial charge in [0.05, 0.1) is 24.6 Å². The number of aliphatic carboxylic acids is 1. The number of carbonyl (C=O) groups is 3. The van der Waals surface area contributed by atoms with E-state index in [1.165, 1.54) is 12.5 Å². The van der Waals surface area contributed by atoms with Gasteiger partial charge in [0.1, 0.15) is 5.82 Å². The number of carbonyl (C=O) groups excluding carboxylic acids is 2. The molecule has 1 aliphatic heterocycles. The van der Waals surface area contributed by atoms with Crippen molar-refractivity contribution in [2.45, 2.75) is 12.8 Å². The minimum atomic E-state index is -1.01. The second-order valence-corrected chi connectivity index (χ2v) is 6.10. The van der Waals surface area contributed by atoms with Crippen molar-refractivity contribution in [3.63, 3.8) is 0 Å². The van der Waals surface area contributed by atoms with Crippen molar-refractivity contribution in [3.8, 4) is 0 Å². The predicted octanol–water partition coefficient (Wildman–Crippen LogP) is 1.44. The summed E-state index contributed by atoms with van der Waals surface area (Å²) in [5.74, 6) is -0.402. The number of aromatic nitrogens is 1. The normalized spacial score (nSPS) is 14.1. The lowest BCUT2D eigenvalue weighted by molar-refractivity contribution is -0.138. The molecule has 0 spiro atoms. The molecule has 9 heteroatoms. The highest BCUT2D eigenvalue weighted by atomic mass is 16.4. The molecule has 2 aromatic heterocycles. The van der Waals surface area contributed by atoms with E-state index in [1.807, 2.05) is 0 Å². The van der Waals surface area contributed by atoms with Gasteiger partial charge in [0.15, 0.2) is 5.76 Å². The van der Waals surface area contributed by atoms with E-state index in [4.69, 9.17) is 9.52 Å². The van der Waals surface area contributed by atoms with E-state index < -0.39 is 5.97 Å². The summed E-state index contributed by atoms with van der Waals surface area (Å²) in [6, 6.07) is 6.85. The highest BCUT2D eigenvalue weighted by molar-refractivity contribution is 5.92. The van der Waals surface area contributed by atoms with Gasteiger partial charge < -0.3 is 24.6 Å². The maximum atomic E-state index is 12.3. The Labute approximate surface area is 155 Å². The highest BCUT2D eigenvalue weighted by Crippen LogP contribution is 2.17. The Hall–Kier alpha value is -3.36. The number of nitrogens with one attached hydrogen (secondary N) is 1. The number of carboxylic acid groups (broad SMARTS) is 1. The number of pyridine rings is 1. The topological polar surface area (TPSA) is 116 Å². The summed E-state index contributed by atoms with van der Waals surface area (Å²) >= 11 is 0. The van der Waals surface area contributed by atoms with E-state index in [9.17, 15) is 14.4 Å². The van der Waals surface area contributed by atoms with Crippen molar-refractivity contribution in [2.24, 2.45) is 0 Å². The first-order chi connectivity index (χ1) is 13.0. The van der Waals surface area contributed by atoms with E-state index in [1.54, 1.807) is 29.2 Å². The molecule has 142 valence electrons. The van der Waals surface area contributed by atoms with Gasteiger partial charge in [-0.2, -0.15) is 0 Å². The number of piperazine rings is 1. The third kappa shape index (κ3) is 4.84. The van der Waals surface area contributed by atoms with Gasteiger partial charge in [0.25, 0.3) is 5.91 Å². The zero-order chi connectivity index (χ0) is 19.2. The lowest BCUT2D eigenvalue weighted by Gasteiger charge is -2.35. The highest BCUT2D eigenvalue weighted by Gasteiger charge is 2.24. The lowest BCUT2D eigenvalue weighted by atomic mass is 10.2. The minimum Gasteiger partial charge on any atom is -0.481 e. The first kappa shape index (κ1) is 18.4. The Bertz CT molecular complexity index is 796. The molecule has 0 atom stereocenters. The second-order valence-electron chi connectivity index (χ2n) is 6.10. The van der Waals surface area contributed by atoms with Crippen LogP contribution in [0.3, 0.4) is 0 Å². The summed E-state index contributed by atoms with van der Waals surface area (Å²) in [4.78, 5) is 42.5. The van der Waals surface area contributed by atoms with Gasteiger partial charge in [-0.05, 0) is 24.3 Å². The Morgan fingerprint density at radius 3 is 2.48 bits per heavy atom. The number of amides is 2. The fourth-order valence-electron chi connectivity index (χ4n) is 2.79. The Balaban J connectivity index is 1.50. The van der Waals surface area contributed by atoms with Gasteiger partial charge >= 0.3 is 5.97 Å². The van der Waals surface area contributed by atoms with Crippen LogP contribution in [-0.4, -0.2) is 59.0 Å². The molecule has 0 unspecified atom stereocenters. The molecule has 2 N–H and O–H groups in total. The van der Waals surface area contributed by atoms with Crippen LogP contribution in [0.1, 0.15) is 23.4 Å². The molecule has 1 saturated heterocycles. The van der Waals surface area contributed by atoms with Gasteiger partial charge in [-0.1, -0.05) is 0 Å². The maximum absolute atomic E-state index is 12.3. The number of nitrogens with zero attached hydrogens (tertiary/aromatic N) is 3. The molecule has 1 aliphatic rings. The number of carboxylic acids is 1. The Morgan fingerprint density at radius 2 is 1.89 bits per heavy atom. The van der Waals surface area contributed by atoms with Crippen molar-refractivity contribution in [1.82, 2.24) is 9.88 Å². The molecule has 0 saturated carbocycles. The first-order valence-corrected chi connectivity index (χ1v) is 8.58. The maximum Gasteiger partial charge on any atom is 0.303 e. The number of rotatable bonds is 6.